The Bertz CT molecular complexity index is 444. The van der Waals surface area contributed by atoms with Gasteiger partial charge >= 0.3 is 0 Å². The summed E-state index contributed by atoms with van der Waals surface area (Å²) in [5, 5.41) is 3.45. The standard InChI is InChI=1S/C16H28N4/c1-11(2)7-17-8-15-9-18-16(19-14(15)5)20-10-12(3)6-13(20)4/h9,11-13,17H,6-8,10H2,1-5H3. The molecule has 2 heterocycles. The molecule has 1 aliphatic rings. The van der Waals surface area contributed by atoms with E-state index in [9.17, 15) is 0 Å². The minimum absolute atomic E-state index is 0.550. The highest BCUT2D eigenvalue weighted by atomic mass is 15.3. The number of hydrogen-bond donors (Lipinski definition) is 1. The van der Waals surface area contributed by atoms with Crippen molar-refractivity contribution in [3.63, 3.8) is 0 Å². The molecule has 1 saturated heterocycles. The van der Waals surface area contributed by atoms with Gasteiger partial charge in [-0.15, -0.1) is 0 Å². The minimum Gasteiger partial charge on any atom is -0.338 e. The Hall–Kier alpha value is -1.16. The van der Waals surface area contributed by atoms with Crippen LogP contribution >= 0.6 is 0 Å². The Morgan fingerprint density at radius 3 is 2.70 bits per heavy atom. The van der Waals surface area contributed by atoms with E-state index in [1.54, 1.807) is 0 Å². The summed E-state index contributed by atoms with van der Waals surface area (Å²) < 4.78 is 0. The van der Waals surface area contributed by atoms with Gasteiger partial charge in [-0.05, 0) is 38.6 Å². The first-order chi connectivity index (χ1) is 9.47. The summed E-state index contributed by atoms with van der Waals surface area (Å²) in [5.41, 5.74) is 2.30. The second-order valence-electron chi connectivity index (χ2n) is 6.65. The Balaban J connectivity index is 2.02. The van der Waals surface area contributed by atoms with E-state index in [0.29, 0.717) is 12.0 Å². The van der Waals surface area contributed by atoms with Crippen molar-refractivity contribution in [1.29, 1.82) is 0 Å². The van der Waals surface area contributed by atoms with Crippen molar-refractivity contribution < 1.29 is 0 Å². The zero-order valence-electron chi connectivity index (χ0n) is 13.5. The Morgan fingerprint density at radius 2 is 2.15 bits per heavy atom. The number of aryl methyl sites for hydroxylation is 1. The van der Waals surface area contributed by atoms with Crippen LogP contribution in [0.25, 0.3) is 0 Å². The predicted octanol–water partition coefficient (Wildman–Crippen LogP) is 2.77. The van der Waals surface area contributed by atoms with E-state index in [1.165, 1.54) is 12.0 Å². The zero-order valence-corrected chi connectivity index (χ0v) is 13.5. The maximum absolute atomic E-state index is 4.71. The highest BCUT2D eigenvalue weighted by Gasteiger charge is 2.28. The van der Waals surface area contributed by atoms with Gasteiger partial charge in [0.2, 0.25) is 5.95 Å². The van der Waals surface area contributed by atoms with Crippen LogP contribution in [-0.4, -0.2) is 29.1 Å². The van der Waals surface area contributed by atoms with Gasteiger partial charge in [0.25, 0.3) is 0 Å². The van der Waals surface area contributed by atoms with Crippen LogP contribution in [0.4, 0.5) is 5.95 Å². The fourth-order valence-electron chi connectivity index (χ4n) is 2.87. The second-order valence-corrected chi connectivity index (χ2v) is 6.65. The van der Waals surface area contributed by atoms with Crippen LogP contribution in [0.2, 0.25) is 0 Å². The molecule has 0 amide bonds. The molecule has 0 spiro atoms. The minimum atomic E-state index is 0.550. The third-order valence-corrected chi connectivity index (χ3v) is 3.98. The van der Waals surface area contributed by atoms with Crippen molar-refractivity contribution in [3.05, 3.63) is 17.5 Å². The van der Waals surface area contributed by atoms with Gasteiger partial charge < -0.3 is 10.2 Å². The van der Waals surface area contributed by atoms with Crippen LogP contribution < -0.4 is 10.2 Å². The van der Waals surface area contributed by atoms with Crippen molar-refractivity contribution >= 4 is 5.95 Å². The third-order valence-electron chi connectivity index (χ3n) is 3.98. The van der Waals surface area contributed by atoms with E-state index in [1.807, 2.05) is 6.20 Å². The summed E-state index contributed by atoms with van der Waals surface area (Å²) in [4.78, 5) is 11.6. The molecule has 2 rings (SSSR count). The molecule has 2 unspecified atom stereocenters. The van der Waals surface area contributed by atoms with E-state index in [4.69, 9.17) is 4.98 Å². The Kier molecular flexibility index (Phi) is 4.97. The third kappa shape index (κ3) is 3.69. The number of nitrogens with one attached hydrogen (secondary N) is 1. The van der Waals surface area contributed by atoms with Crippen LogP contribution in [0.5, 0.6) is 0 Å². The molecule has 4 nitrogen and oxygen atoms in total. The molecule has 1 aromatic rings. The fraction of sp³-hybridized carbons (Fsp3) is 0.750. The van der Waals surface area contributed by atoms with Crippen molar-refractivity contribution in [1.82, 2.24) is 15.3 Å². The van der Waals surface area contributed by atoms with Crippen LogP contribution in [0, 0.1) is 18.8 Å². The van der Waals surface area contributed by atoms with Crippen LogP contribution in [0.15, 0.2) is 6.20 Å². The van der Waals surface area contributed by atoms with Crippen molar-refractivity contribution in [3.8, 4) is 0 Å². The number of anilines is 1. The molecular formula is C16H28N4. The molecule has 1 aliphatic heterocycles. The number of rotatable bonds is 5. The SMILES string of the molecule is Cc1nc(N2CC(C)CC2C)ncc1CNCC(C)C. The van der Waals surface area contributed by atoms with E-state index in [-0.39, 0.29) is 0 Å². The normalized spacial score (nSPS) is 22.8. The van der Waals surface area contributed by atoms with Crippen molar-refractivity contribution in [2.45, 2.75) is 53.6 Å². The zero-order chi connectivity index (χ0) is 14.7. The highest BCUT2D eigenvalue weighted by Crippen LogP contribution is 2.26. The molecule has 0 radical (unpaired) electrons. The lowest BCUT2D eigenvalue weighted by Gasteiger charge is -2.22. The molecule has 112 valence electrons. The van der Waals surface area contributed by atoms with Crippen LogP contribution in [-0.2, 0) is 6.54 Å². The van der Waals surface area contributed by atoms with Gasteiger partial charge in [0.1, 0.15) is 0 Å². The lowest BCUT2D eigenvalue weighted by atomic mass is 10.1. The summed E-state index contributed by atoms with van der Waals surface area (Å²) in [6.07, 6.45) is 3.22. The van der Waals surface area contributed by atoms with Gasteiger partial charge in [-0.1, -0.05) is 20.8 Å². The van der Waals surface area contributed by atoms with Gasteiger partial charge in [-0.2, -0.15) is 0 Å². The first-order valence-electron chi connectivity index (χ1n) is 7.77. The van der Waals surface area contributed by atoms with Crippen LogP contribution in [0.1, 0.15) is 45.4 Å². The molecule has 2 atom stereocenters. The van der Waals surface area contributed by atoms with Gasteiger partial charge in [-0.3, -0.25) is 0 Å². The van der Waals surface area contributed by atoms with E-state index < -0.39 is 0 Å². The van der Waals surface area contributed by atoms with E-state index in [0.717, 1.165) is 37.2 Å². The lowest BCUT2D eigenvalue weighted by Crippen LogP contribution is -2.29. The van der Waals surface area contributed by atoms with E-state index >= 15 is 0 Å². The van der Waals surface area contributed by atoms with Gasteiger partial charge in [0.05, 0.1) is 0 Å². The maximum Gasteiger partial charge on any atom is 0.225 e. The predicted molar refractivity (Wildman–Crippen MR) is 83.9 cm³/mol. The molecule has 0 aliphatic carbocycles. The summed E-state index contributed by atoms with van der Waals surface area (Å²) in [6, 6.07) is 0.550. The first-order valence-corrected chi connectivity index (χ1v) is 7.77. The lowest BCUT2D eigenvalue weighted by molar-refractivity contribution is 0.550. The average molecular weight is 276 g/mol. The van der Waals surface area contributed by atoms with E-state index in [2.05, 4.69) is 49.8 Å². The molecular weight excluding hydrogens is 248 g/mol. The first kappa shape index (κ1) is 15.2. The quantitative estimate of drug-likeness (QED) is 0.898. The Morgan fingerprint density at radius 1 is 1.40 bits per heavy atom. The van der Waals surface area contributed by atoms with Crippen LogP contribution in [0.3, 0.4) is 0 Å². The number of nitrogens with zero attached hydrogens (tertiary/aromatic N) is 3. The molecule has 0 saturated carbocycles. The molecule has 0 bridgehead atoms. The summed E-state index contributed by atoms with van der Waals surface area (Å²) in [6.45, 7) is 14.0. The van der Waals surface area contributed by atoms with Crippen molar-refractivity contribution in [2.24, 2.45) is 11.8 Å². The highest BCUT2D eigenvalue weighted by molar-refractivity contribution is 5.36. The molecule has 4 heteroatoms. The molecule has 0 aromatic carbocycles. The summed E-state index contributed by atoms with van der Waals surface area (Å²) >= 11 is 0. The summed E-state index contributed by atoms with van der Waals surface area (Å²) in [7, 11) is 0. The average Bonchev–Trinajstić information content (AvgIpc) is 2.70. The topological polar surface area (TPSA) is 41.1 Å². The number of hydrogen-bond acceptors (Lipinski definition) is 4. The monoisotopic (exact) mass is 276 g/mol. The van der Waals surface area contributed by atoms with Crippen molar-refractivity contribution in [2.75, 3.05) is 18.0 Å². The maximum atomic E-state index is 4.71. The van der Waals surface area contributed by atoms with Gasteiger partial charge in [-0.25, -0.2) is 9.97 Å². The largest absolute Gasteiger partial charge is 0.338 e. The molecule has 20 heavy (non-hydrogen) atoms. The molecule has 1 aromatic heterocycles. The molecule has 1 fully saturated rings. The fourth-order valence-corrected chi connectivity index (χ4v) is 2.87. The summed E-state index contributed by atoms with van der Waals surface area (Å²) in [5.74, 6) is 2.30. The molecule has 1 N–H and O–H groups in total. The number of aromatic nitrogens is 2. The van der Waals surface area contributed by atoms with Gasteiger partial charge in [0.15, 0.2) is 0 Å². The Labute approximate surface area is 123 Å². The second kappa shape index (κ2) is 6.53. The smallest absolute Gasteiger partial charge is 0.225 e. The van der Waals surface area contributed by atoms with Gasteiger partial charge in [0, 0.05) is 36.6 Å².